The van der Waals surface area contributed by atoms with Crippen molar-refractivity contribution in [1.29, 1.82) is 0 Å². The van der Waals surface area contributed by atoms with Crippen molar-refractivity contribution < 1.29 is 28.3 Å². The predicted octanol–water partition coefficient (Wildman–Crippen LogP) is 4.31. The van der Waals surface area contributed by atoms with Crippen LogP contribution < -0.4 is 10.6 Å². The zero-order chi connectivity index (χ0) is 22.9. The minimum Gasteiger partial charge on any atom is -0.459 e. The lowest BCUT2D eigenvalue weighted by atomic mass is 10.1. The number of carbonyl (C=O) groups is 4. The molecule has 32 heavy (non-hydrogen) atoms. The largest absolute Gasteiger partial charge is 0.459 e. The summed E-state index contributed by atoms with van der Waals surface area (Å²) in [5.74, 6) is -1.36. The van der Waals surface area contributed by atoms with Crippen LogP contribution in [0.15, 0.2) is 71.3 Å². The number of hydrogen-bond acceptors (Lipinski definition) is 6. The van der Waals surface area contributed by atoms with Crippen LogP contribution in [-0.2, 0) is 9.53 Å². The van der Waals surface area contributed by atoms with Crippen LogP contribution in [-0.4, -0.2) is 30.2 Å². The monoisotopic (exact) mass is 434 g/mol. The van der Waals surface area contributed by atoms with Gasteiger partial charge in [-0.3, -0.25) is 14.4 Å². The lowest BCUT2D eigenvalue weighted by molar-refractivity contribution is -0.116. The Morgan fingerprint density at radius 3 is 2.06 bits per heavy atom. The van der Waals surface area contributed by atoms with Crippen LogP contribution in [0.5, 0.6) is 0 Å². The number of esters is 1. The molecule has 1 heterocycles. The van der Waals surface area contributed by atoms with E-state index in [9.17, 15) is 19.2 Å². The first-order valence-electron chi connectivity index (χ1n) is 10.0. The first-order valence-corrected chi connectivity index (χ1v) is 10.0. The Bertz CT molecular complexity index is 1090. The van der Waals surface area contributed by atoms with Crippen LogP contribution in [0.2, 0.25) is 0 Å². The molecule has 0 spiro atoms. The SMILES string of the molecule is CCCC(=O)Nc1ccc(C(=O)COC(=O)c2ccc(NC(=O)c3ccco3)cc2)cc1. The second-order valence-electron chi connectivity index (χ2n) is 6.88. The molecule has 2 N–H and O–H groups in total. The highest BCUT2D eigenvalue weighted by atomic mass is 16.5. The first-order chi connectivity index (χ1) is 15.5. The zero-order valence-electron chi connectivity index (χ0n) is 17.4. The van der Waals surface area contributed by atoms with Gasteiger partial charge in [-0.15, -0.1) is 0 Å². The number of hydrogen-bond donors (Lipinski definition) is 2. The average Bonchev–Trinajstić information content (AvgIpc) is 3.33. The predicted molar refractivity (Wildman–Crippen MR) is 118 cm³/mol. The van der Waals surface area contributed by atoms with Crippen molar-refractivity contribution >= 4 is 34.9 Å². The van der Waals surface area contributed by atoms with Crippen LogP contribution in [0.1, 0.15) is 51.0 Å². The maximum Gasteiger partial charge on any atom is 0.338 e. The lowest BCUT2D eigenvalue weighted by Crippen LogP contribution is -2.15. The molecule has 0 radical (unpaired) electrons. The molecule has 0 saturated carbocycles. The van der Waals surface area contributed by atoms with Crippen molar-refractivity contribution in [3.05, 3.63) is 83.8 Å². The molecular formula is C24H22N2O6. The van der Waals surface area contributed by atoms with E-state index in [1.807, 2.05) is 6.92 Å². The number of anilines is 2. The highest BCUT2D eigenvalue weighted by Crippen LogP contribution is 2.14. The Labute approximate surface area is 184 Å². The first kappa shape index (κ1) is 22.5. The Morgan fingerprint density at radius 1 is 0.844 bits per heavy atom. The number of furan rings is 1. The van der Waals surface area contributed by atoms with Crippen LogP contribution >= 0.6 is 0 Å². The van der Waals surface area contributed by atoms with Gasteiger partial charge in [-0.05, 0) is 67.1 Å². The molecule has 8 nitrogen and oxygen atoms in total. The van der Waals surface area contributed by atoms with Crippen molar-refractivity contribution in [1.82, 2.24) is 0 Å². The molecule has 3 aromatic rings. The molecule has 0 unspecified atom stereocenters. The Kier molecular flexibility index (Phi) is 7.53. The number of rotatable bonds is 9. The minimum absolute atomic E-state index is 0.0907. The topological polar surface area (TPSA) is 115 Å². The molecule has 0 aliphatic rings. The van der Waals surface area contributed by atoms with Crippen LogP contribution in [0.3, 0.4) is 0 Å². The second-order valence-corrected chi connectivity index (χ2v) is 6.88. The smallest absolute Gasteiger partial charge is 0.338 e. The van der Waals surface area contributed by atoms with Gasteiger partial charge in [0.25, 0.3) is 5.91 Å². The molecule has 0 aliphatic carbocycles. The van der Waals surface area contributed by atoms with Gasteiger partial charge in [0.05, 0.1) is 11.8 Å². The highest BCUT2D eigenvalue weighted by Gasteiger charge is 2.13. The third-order valence-electron chi connectivity index (χ3n) is 4.43. The summed E-state index contributed by atoms with van der Waals surface area (Å²) in [5, 5.41) is 5.38. The van der Waals surface area contributed by atoms with Gasteiger partial charge in [0.2, 0.25) is 5.91 Å². The van der Waals surface area contributed by atoms with E-state index >= 15 is 0 Å². The summed E-state index contributed by atoms with van der Waals surface area (Å²) in [6.45, 7) is 1.49. The molecule has 0 saturated heterocycles. The fourth-order valence-electron chi connectivity index (χ4n) is 2.78. The molecule has 2 amide bonds. The number of nitrogens with one attached hydrogen (secondary N) is 2. The molecular weight excluding hydrogens is 412 g/mol. The zero-order valence-corrected chi connectivity index (χ0v) is 17.4. The van der Waals surface area contributed by atoms with Crippen LogP contribution in [0, 0.1) is 0 Å². The number of ether oxygens (including phenoxy) is 1. The summed E-state index contributed by atoms with van der Waals surface area (Å²) < 4.78 is 10.1. The molecule has 164 valence electrons. The summed E-state index contributed by atoms with van der Waals surface area (Å²) in [6.07, 6.45) is 2.57. The number of benzene rings is 2. The van der Waals surface area contributed by atoms with E-state index in [4.69, 9.17) is 9.15 Å². The molecule has 3 rings (SSSR count). The maximum atomic E-state index is 12.3. The Hall–Kier alpha value is -4.20. The molecule has 0 aliphatic heterocycles. The fourth-order valence-corrected chi connectivity index (χ4v) is 2.78. The summed E-state index contributed by atoms with van der Waals surface area (Å²) in [6, 6.07) is 15.6. The molecule has 2 aromatic carbocycles. The van der Waals surface area contributed by atoms with E-state index in [1.54, 1.807) is 42.5 Å². The van der Waals surface area contributed by atoms with Gasteiger partial charge in [0, 0.05) is 23.4 Å². The normalized spacial score (nSPS) is 10.3. The van der Waals surface area contributed by atoms with E-state index in [2.05, 4.69) is 10.6 Å². The molecule has 8 heteroatoms. The second kappa shape index (κ2) is 10.7. The van der Waals surface area contributed by atoms with Gasteiger partial charge >= 0.3 is 5.97 Å². The summed E-state index contributed by atoms with van der Waals surface area (Å²) in [5.41, 5.74) is 1.67. The van der Waals surface area contributed by atoms with Crippen molar-refractivity contribution in [3.63, 3.8) is 0 Å². The van der Waals surface area contributed by atoms with Crippen molar-refractivity contribution in [2.24, 2.45) is 0 Å². The van der Waals surface area contributed by atoms with Crippen LogP contribution in [0.25, 0.3) is 0 Å². The van der Waals surface area contributed by atoms with Gasteiger partial charge in [-0.25, -0.2) is 4.79 Å². The van der Waals surface area contributed by atoms with Crippen molar-refractivity contribution in [2.45, 2.75) is 19.8 Å². The number of ketones is 1. The highest BCUT2D eigenvalue weighted by molar-refractivity contribution is 6.03. The number of Topliss-reactive ketones (excluding diaryl/α,β-unsaturated/α-hetero) is 1. The van der Waals surface area contributed by atoms with Gasteiger partial charge in [-0.2, -0.15) is 0 Å². The van der Waals surface area contributed by atoms with Crippen LogP contribution in [0.4, 0.5) is 11.4 Å². The van der Waals surface area contributed by atoms with Gasteiger partial charge < -0.3 is 19.8 Å². The lowest BCUT2D eigenvalue weighted by Gasteiger charge is -2.07. The quantitative estimate of drug-likeness (QED) is 0.383. The van der Waals surface area contributed by atoms with E-state index in [0.29, 0.717) is 23.4 Å². The summed E-state index contributed by atoms with van der Waals surface area (Å²) in [4.78, 5) is 48.1. The van der Waals surface area contributed by atoms with Gasteiger partial charge in [-0.1, -0.05) is 6.92 Å². The van der Waals surface area contributed by atoms with E-state index < -0.39 is 18.5 Å². The number of amides is 2. The molecule has 1 aromatic heterocycles. The minimum atomic E-state index is -0.661. The third kappa shape index (κ3) is 6.15. The summed E-state index contributed by atoms with van der Waals surface area (Å²) >= 11 is 0. The van der Waals surface area contributed by atoms with Gasteiger partial charge in [0.1, 0.15) is 0 Å². The maximum absolute atomic E-state index is 12.3. The molecule has 0 atom stereocenters. The fraction of sp³-hybridized carbons (Fsp3) is 0.167. The van der Waals surface area contributed by atoms with Crippen molar-refractivity contribution in [3.8, 4) is 0 Å². The summed E-state index contributed by atoms with van der Waals surface area (Å²) in [7, 11) is 0. The van der Waals surface area contributed by atoms with Gasteiger partial charge in [0.15, 0.2) is 18.2 Å². The number of carbonyl (C=O) groups excluding carboxylic acids is 4. The third-order valence-corrected chi connectivity index (χ3v) is 4.43. The molecule has 0 fully saturated rings. The molecule has 0 bridgehead atoms. The van der Waals surface area contributed by atoms with Crippen molar-refractivity contribution in [2.75, 3.05) is 17.2 Å². The Balaban J connectivity index is 1.50. The van der Waals surface area contributed by atoms with E-state index in [0.717, 1.165) is 6.42 Å². The average molecular weight is 434 g/mol. The standard InChI is InChI=1S/C24H22N2O6/c1-2-4-22(28)25-18-10-6-16(7-11-18)20(27)15-32-24(30)17-8-12-19(13-9-17)26-23(29)21-5-3-14-31-21/h3,5-14H,2,4,15H2,1H3,(H,25,28)(H,26,29). The van der Waals surface area contributed by atoms with E-state index in [-0.39, 0.29) is 23.0 Å². The Morgan fingerprint density at radius 2 is 1.47 bits per heavy atom. The van der Waals surface area contributed by atoms with E-state index in [1.165, 1.54) is 24.5 Å².